The van der Waals surface area contributed by atoms with E-state index in [9.17, 15) is 5.11 Å². The van der Waals surface area contributed by atoms with Gasteiger partial charge in [0.25, 0.3) is 0 Å². The van der Waals surface area contributed by atoms with E-state index in [4.69, 9.17) is 0 Å². The molecular weight excluding hydrogens is 270 g/mol. The van der Waals surface area contributed by atoms with E-state index in [0.717, 1.165) is 19.5 Å². The molecule has 1 aliphatic carbocycles. The summed E-state index contributed by atoms with van der Waals surface area (Å²) in [6, 6.07) is 17.4. The molecule has 0 aromatic heterocycles. The Labute approximate surface area is 132 Å². The lowest BCUT2D eigenvalue weighted by molar-refractivity contribution is 0.0799. The molecule has 2 nitrogen and oxygen atoms in total. The number of benzene rings is 2. The van der Waals surface area contributed by atoms with Gasteiger partial charge in [-0.3, -0.25) is 4.90 Å². The Morgan fingerprint density at radius 2 is 1.95 bits per heavy atom. The molecule has 0 spiro atoms. The minimum Gasteiger partial charge on any atom is -0.508 e. The Morgan fingerprint density at radius 3 is 2.77 bits per heavy atom. The van der Waals surface area contributed by atoms with E-state index in [2.05, 4.69) is 48.2 Å². The van der Waals surface area contributed by atoms with Crippen molar-refractivity contribution >= 4 is 0 Å². The first kappa shape index (κ1) is 13.8. The summed E-state index contributed by atoms with van der Waals surface area (Å²) in [4.78, 5) is 2.66. The van der Waals surface area contributed by atoms with Gasteiger partial charge >= 0.3 is 0 Å². The lowest BCUT2D eigenvalue weighted by Gasteiger charge is -2.47. The highest BCUT2D eigenvalue weighted by atomic mass is 16.3. The van der Waals surface area contributed by atoms with E-state index < -0.39 is 0 Å². The third kappa shape index (κ3) is 2.42. The summed E-state index contributed by atoms with van der Waals surface area (Å²) < 4.78 is 0. The van der Waals surface area contributed by atoms with Gasteiger partial charge in [-0.2, -0.15) is 0 Å². The number of fused-ring (bicyclic) bond motifs is 4. The van der Waals surface area contributed by atoms with Crippen molar-refractivity contribution in [2.24, 2.45) is 5.92 Å². The van der Waals surface area contributed by atoms with Crippen molar-refractivity contribution in [1.29, 1.82) is 0 Å². The van der Waals surface area contributed by atoms with Gasteiger partial charge < -0.3 is 5.11 Å². The van der Waals surface area contributed by atoms with Crippen molar-refractivity contribution in [3.05, 3.63) is 65.2 Å². The van der Waals surface area contributed by atoms with Gasteiger partial charge in [-0.1, -0.05) is 43.3 Å². The molecule has 0 amide bonds. The molecule has 2 bridgehead atoms. The second-order valence-corrected chi connectivity index (χ2v) is 6.98. The normalized spacial score (nSPS) is 27.4. The Morgan fingerprint density at radius 1 is 1.14 bits per heavy atom. The van der Waals surface area contributed by atoms with Crippen LogP contribution in [0.2, 0.25) is 0 Å². The molecule has 0 radical (unpaired) electrons. The largest absolute Gasteiger partial charge is 0.508 e. The molecule has 1 aliphatic heterocycles. The number of phenols is 1. The van der Waals surface area contributed by atoms with Gasteiger partial charge in [0.2, 0.25) is 0 Å². The number of aromatic hydroxyl groups is 1. The number of phenolic OH excluding ortho intramolecular Hbond substituents is 1. The maximum absolute atomic E-state index is 9.81. The molecule has 1 fully saturated rings. The second-order valence-electron chi connectivity index (χ2n) is 6.98. The average molecular weight is 293 g/mol. The molecule has 1 saturated heterocycles. The molecule has 22 heavy (non-hydrogen) atoms. The maximum Gasteiger partial charge on any atom is 0.115 e. The van der Waals surface area contributed by atoms with Crippen LogP contribution < -0.4 is 0 Å². The fourth-order valence-corrected chi connectivity index (χ4v) is 4.35. The lowest BCUT2D eigenvalue weighted by atomic mass is 9.70. The van der Waals surface area contributed by atoms with Crippen LogP contribution in [0.4, 0.5) is 0 Å². The van der Waals surface area contributed by atoms with Crippen LogP contribution in [-0.2, 0) is 13.0 Å². The highest BCUT2D eigenvalue weighted by Gasteiger charge is 2.38. The third-order valence-corrected chi connectivity index (χ3v) is 5.46. The van der Waals surface area contributed by atoms with Crippen molar-refractivity contribution in [3.8, 4) is 5.75 Å². The number of rotatable bonds is 2. The minimum absolute atomic E-state index is 0.413. The monoisotopic (exact) mass is 293 g/mol. The maximum atomic E-state index is 9.81. The Bertz CT molecular complexity index is 667. The molecule has 0 unspecified atom stereocenters. The molecule has 1 heterocycles. The van der Waals surface area contributed by atoms with Gasteiger partial charge in [-0.05, 0) is 53.5 Å². The molecule has 4 rings (SSSR count). The molecule has 3 atom stereocenters. The summed E-state index contributed by atoms with van der Waals surface area (Å²) in [5, 5.41) is 9.81. The van der Waals surface area contributed by atoms with E-state index >= 15 is 0 Å². The van der Waals surface area contributed by atoms with Crippen molar-refractivity contribution in [2.75, 3.05) is 6.54 Å². The van der Waals surface area contributed by atoms with Crippen LogP contribution >= 0.6 is 0 Å². The predicted octanol–water partition coefficient (Wildman–Crippen LogP) is 3.94. The first-order valence-corrected chi connectivity index (χ1v) is 8.30. The van der Waals surface area contributed by atoms with Gasteiger partial charge in [0.1, 0.15) is 5.75 Å². The van der Waals surface area contributed by atoms with Crippen LogP contribution in [0, 0.1) is 5.92 Å². The van der Waals surface area contributed by atoms with Gasteiger partial charge in [-0.15, -0.1) is 0 Å². The number of hydrogen-bond acceptors (Lipinski definition) is 2. The molecule has 114 valence electrons. The Balaban J connectivity index is 1.61. The van der Waals surface area contributed by atoms with Gasteiger partial charge in [0.05, 0.1) is 0 Å². The van der Waals surface area contributed by atoms with E-state index in [-0.39, 0.29) is 0 Å². The van der Waals surface area contributed by atoms with Crippen LogP contribution in [0.25, 0.3) is 0 Å². The standard InChI is InChI=1S/C20H23NO/c1-14-12-21(13-15-5-3-2-4-6-15)17-9-16-7-8-18(22)11-20(16)19(14)10-17/h2-8,11,14,17,19,22H,9-10,12-13H2,1H3/t14-,17-,19+/m1/s1. The minimum atomic E-state index is 0.413. The van der Waals surface area contributed by atoms with Crippen molar-refractivity contribution in [2.45, 2.75) is 38.3 Å². The quantitative estimate of drug-likeness (QED) is 0.906. The summed E-state index contributed by atoms with van der Waals surface area (Å²) in [5.41, 5.74) is 4.23. The molecule has 2 aliphatic rings. The van der Waals surface area contributed by atoms with E-state index in [1.54, 1.807) is 0 Å². The first-order valence-electron chi connectivity index (χ1n) is 8.30. The number of piperidine rings is 1. The molecule has 0 saturated carbocycles. The van der Waals surface area contributed by atoms with Crippen molar-refractivity contribution in [3.63, 3.8) is 0 Å². The number of hydrogen-bond donors (Lipinski definition) is 1. The number of nitrogens with zero attached hydrogens (tertiary/aromatic N) is 1. The van der Waals surface area contributed by atoms with Crippen LogP contribution in [0.5, 0.6) is 5.75 Å². The smallest absolute Gasteiger partial charge is 0.115 e. The highest BCUT2D eigenvalue weighted by molar-refractivity contribution is 5.40. The summed E-state index contributed by atoms with van der Waals surface area (Å²) >= 11 is 0. The van der Waals surface area contributed by atoms with E-state index in [1.165, 1.54) is 23.1 Å². The predicted molar refractivity (Wildman–Crippen MR) is 89.0 cm³/mol. The van der Waals surface area contributed by atoms with Gasteiger partial charge in [0.15, 0.2) is 0 Å². The summed E-state index contributed by atoms with van der Waals surface area (Å²) in [6.45, 7) is 4.56. The average Bonchev–Trinajstić information content (AvgIpc) is 2.53. The zero-order chi connectivity index (χ0) is 15.1. The molecule has 2 aromatic carbocycles. The van der Waals surface area contributed by atoms with Gasteiger partial charge in [0, 0.05) is 19.1 Å². The summed E-state index contributed by atoms with van der Waals surface area (Å²) in [5.74, 6) is 1.66. The van der Waals surface area contributed by atoms with Crippen LogP contribution in [0.3, 0.4) is 0 Å². The molecule has 1 N–H and O–H groups in total. The summed E-state index contributed by atoms with van der Waals surface area (Å²) in [7, 11) is 0. The van der Waals surface area contributed by atoms with Crippen molar-refractivity contribution < 1.29 is 5.11 Å². The summed E-state index contributed by atoms with van der Waals surface area (Å²) in [6.07, 6.45) is 2.34. The van der Waals surface area contributed by atoms with Crippen LogP contribution in [0.1, 0.15) is 36.0 Å². The second kappa shape index (κ2) is 5.44. The van der Waals surface area contributed by atoms with Crippen molar-refractivity contribution in [1.82, 2.24) is 4.90 Å². The molecule has 2 aromatic rings. The van der Waals surface area contributed by atoms with Crippen LogP contribution in [0.15, 0.2) is 48.5 Å². The first-order chi connectivity index (χ1) is 10.7. The van der Waals surface area contributed by atoms with Gasteiger partial charge in [-0.25, -0.2) is 0 Å². The fraction of sp³-hybridized carbons (Fsp3) is 0.400. The topological polar surface area (TPSA) is 23.5 Å². The van der Waals surface area contributed by atoms with E-state index in [0.29, 0.717) is 23.6 Å². The Hall–Kier alpha value is -1.80. The van der Waals surface area contributed by atoms with E-state index in [1.807, 2.05) is 12.1 Å². The zero-order valence-corrected chi connectivity index (χ0v) is 13.1. The SMILES string of the molecule is C[C@@H]1CN(Cc2ccccc2)[C@@H]2Cc3ccc(O)cc3[C@H]1C2. The lowest BCUT2D eigenvalue weighted by Crippen LogP contribution is -2.48. The zero-order valence-electron chi connectivity index (χ0n) is 13.1. The highest BCUT2D eigenvalue weighted by Crippen LogP contribution is 2.44. The number of likely N-dealkylation sites (tertiary alicyclic amines) is 1. The molecule has 2 heteroatoms. The molecular formula is C20H23NO. The fourth-order valence-electron chi connectivity index (χ4n) is 4.35. The Kier molecular flexibility index (Phi) is 3.42. The third-order valence-electron chi connectivity index (χ3n) is 5.46. The van der Waals surface area contributed by atoms with Crippen LogP contribution in [-0.4, -0.2) is 22.6 Å².